The molecule has 3 aromatic rings. The van der Waals surface area contributed by atoms with Crippen molar-refractivity contribution in [2.75, 3.05) is 28.4 Å². The zero-order valence-corrected chi connectivity index (χ0v) is 20.9. The summed E-state index contributed by atoms with van der Waals surface area (Å²) in [5, 5.41) is 10.4. The molecule has 0 aliphatic heterocycles. The van der Waals surface area contributed by atoms with E-state index in [2.05, 4.69) is 11.1 Å². The molecular formula is C27H34N2O4. The number of benzene rings is 2. The van der Waals surface area contributed by atoms with E-state index in [9.17, 15) is 5.26 Å². The molecule has 6 heteroatoms. The Hall–Kier alpha value is -3.46. The van der Waals surface area contributed by atoms with E-state index in [4.69, 9.17) is 18.9 Å². The molecule has 0 N–H and O–H groups in total. The highest BCUT2D eigenvalue weighted by atomic mass is 16.5. The summed E-state index contributed by atoms with van der Waals surface area (Å²) in [6, 6.07) is 10.2. The summed E-state index contributed by atoms with van der Waals surface area (Å²) in [5.41, 5.74) is 5.10. The third-order valence-electron chi connectivity index (χ3n) is 5.53. The number of ether oxygens (including phenoxy) is 4. The second kappa shape index (κ2) is 12.0. The number of methoxy groups -OCH3 is 4. The Morgan fingerprint density at radius 2 is 1.36 bits per heavy atom. The fraction of sp³-hybridized carbons (Fsp3) is 0.407. The minimum atomic E-state index is 0.0456. The van der Waals surface area contributed by atoms with E-state index >= 15 is 0 Å². The Morgan fingerprint density at radius 1 is 0.818 bits per heavy atom. The summed E-state index contributed by atoms with van der Waals surface area (Å²) in [4.78, 5) is 4.68. The summed E-state index contributed by atoms with van der Waals surface area (Å²) in [6.45, 7) is 8.00. The molecular weight excluding hydrogens is 416 g/mol. The molecule has 1 aliphatic carbocycles. The summed E-state index contributed by atoms with van der Waals surface area (Å²) >= 11 is 0. The van der Waals surface area contributed by atoms with Crippen LogP contribution in [0.4, 0.5) is 0 Å². The van der Waals surface area contributed by atoms with Crippen LogP contribution in [0.3, 0.4) is 0 Å². The molecule has 0 fully saturated rings. The van der Waals surface area contributed by atoms with Gasteiger partial charge in [0.25, 0.3) is 0 Å². The van der Waals surface area contributed by atoms with Gasteiger partial charge in [0.15, 0.2) is 23.0 Å². The van der Waals surface area contributed by atoms with Crippen molar-refractivity contribution in [3.05, 3.63) is 41.6 Å². The lowest BCUT2D eigenvalue weighted by Crippen LogP contribution is -2.13. The zero-order chi connectivity index (χ0) is 24.5. The predicted octanol–water partition coefficient (Wildman–Crippen LogP) is 6.54. The standard InChI is InChI=1S/C23H22N2O4.2C2H6/c1-26-19-8-14-7-13(5-6-24)23-16-10-21(28-3)22(29-4)11-18(16)25-12-17(23)15(14)9-20(19)27-2;2*1-2/h8-13H,5,7H2,1-4H3;2*1-2H3. The molecule has 0 bridgehead atoms. The lowest BCUT2D eigenvalue weighted by molar-refractivity contribution is 0.354. The van der Waals surface area contributed by atoms with E-state index in [1.165, 1.54) is 0 Å². The minimum Gasteiger partial charge on any atom is -0.493 e. The van der Waals surface area contributed by atoms with E-state index < -0.39 is 0 Å². The van der Waals surface area contributed by atoms with E-state index in [-0.39, 0.29) is 5.92 Å². The van der Waals surface area contributed by atoms with Gasteiger partial charge in [0.05, 0.1) is 40.0 Å². The summed E-state index contributed by atoms with van der Waals surface area (Å²) < 4.78 is 21.9. The topological polar surface area (TPSA) is 73.6 Å². The zero-order valence-electron chi connectivity index (χ0n) is 20.9. The van der Waals surface area contributed by atoms with Crippen LogP contribution in [-0.4, -0.2) is 33.4 Å². The van der Waals surface area contributed by atoms with Gasteiger partial charge in [-0.25, -0.2) is 0 Å². The second-order valence-electron chi connectivity index (χ2n) is 6.94. The maximum absolute atomic E-state index is 9.48. The van der Waals surface area contributed by atoms with Gasteiger partial charge >= 0.3 is 0 Å². The SMILES string of the molecule is CC.CC.COc1cc2c(cc1OC)-c1cnc3cc(OC)c(OC)cc3c1C(CC#N)C2. The molecule has 0 saturated heterocycles. The van der Waals surface area contributed by atoms with Gasteiger partial charge in [-0.05, 0) is 41.3 Å². The highest BCUT2D eigenvalue weighted by molar-refractivity contribution is 5.93. The van der Waals surface area contributed by atoms with Crippen LogP contribution in [0, 0.1) is 11.3 Å². The van der Waals surface area contributed by atoms with Gasteiger partial charge in [0.1, 0.15) is 0 Å². The van der Waals surface area contributed by atoms with Gasteiger partial charge in [0, 0.05) is 35.6 Å². The average Bonchev–Trinajstić information content (AvgIpc) is 2.89. The van der Waals surface area contributed by atoms with Gasteiger partial charge in [-0.3, -0.25) is 4.98 Å². The van der Waals surface area contributed by atoms with E-state index in [0.717, 1.165) is 39.6 Å². The molecule has 0 spiro atoms. The van der Waals surface area contributed by atoms with Crippen molar-refractivity contribution in [3.8, 4) is 40.2 Å². The Balaban J connectivity index is 0.000000914. The van der Waals surface area contributed by atoms with Gasteiger partial charge in [-0.2, -0.15) is 5.26 Å². The first-order chi connectivity index (χ1) is 16.1. The van der Waals surface area contributed by atoms with E-state index in [1.54, 1.807) is 28.4 Å². The molecule has 6 nitrogen and oxygen atoms in total. The Kier molecular flexibility index (Phi) is 9.35. The normalized spacial score (nSPS) is 13.1. The second-order valence-corrected chi connectivity index (χ2v) is 6.94. The van der Waals surface area contributed by atoms with Crippen molar-refractivity contribution in [3.63, 3.8) is 0 Å². The highest BCUT2D eigenvalue weighted by Gasteiger charge is 2.29. The number of nitriles is 1. The molecule has 1 aliphatic rings. The third kappa shape index (κ3) is 4.83. The number of pyridine rings is 1. The molecule has 1 aromatic heterocycles. The first-order valence-electron chi connectivity index (χ1n) is 11.3. The highest BCUT2D eigenvalue weighted by Crippen LogP contribution is 2.48. The Bertz CT molecular complexity index is 1140. The molecule has 1 unspecified atom stereocenters. The third-order valence-corrected chi connectivity index (χ3v) is 5.53. The number of hydrogen-bond acceptors (Lipinski definition) is 6. The summed E-state index contributed by atoms with van der Waals surface area (Å²) in [7, 11) is 6.48. The molecule has 33 heavy (non-hydrogen) atoms. The predicted molar refractivity (Wildman–Crippen MR) is 133 cm³/mol. The molecule has 4 rings (SSSR count). The Morgan fingerprint density at radius 3 is 1.94 bits per heavy atom. The maximum atomic E-state index is 9.48. The quantitative estimate of drug-likeness (QED) is 0.439. The molecule has 1 atom stereocenters. The lowest BCUT2D eigenvalue weighted by atomic mass is 9.76. The monoisotopic (exact) mass is 450 g/mol. The van der Waals surface area contributed by atoms with E-state index in [1.807, 2.05) is 58.2 Å². The lowest BCUT2D eigenvalue weighted by Gasteiger charge is -2.28. The smallest absolute Gasteiger partial charge is 0.162 e. The fourth-order valence-corrected chi connectivity index (χ4v) is 4.19. The molecule has 0 amide bonds. The average molecular weight is 451 g/mol. The number of rotatable bonds is 5. The molecule has 2 aromatic carbocycles. The van der Waals surface area contributed by atoms with Crippen LogP contribution in [0.15, 0.2) is 30.5 Å². The van der Waals surface area contributed by atoms with Gasteiger partial charge < -0.3 is 18.9 Å². The van der Waals surface area contributed by atoms with Crippen LogP contribution in [0.25, 0.3) is 22.0 Å². The maximum Gasteiger partial charge on any atom is 0.162 e. The minimum absolute atomic E-state index is 0.0456. The van der Waals surface area contributed by atoms with Crippen molar-refractivity contribution in [2.45, 2.75) is 46.5 Å². The number of hydrogen-bond donors (Lipinski definition) is 0. The van der Waals surface area contributed by atoms with Crippen molar-refractivity contribution >= 4 is 10.9 Å². The van der Waals surface area contributed by atoms with Gasteiger partial charge in [-0.15, -0.1) is 0 Å². The summed E-state index contributed by atoms with van der Waals surface area (Å²) in [5.74, 6) is 2.68. The summed E-state index contributed by atoms with van der Waals surface area (Å²) in [6.07, 6.45) is 3.02. The molecule has 0 radical (unpaired) electrons. The van der Waals surface area contributed by atoms with Gasteiger partial charge in [-0.1, -0.05) is 27.7 Å². The van der Waals surface area contributed by atoms with Crippen LogP contribution in [0.2, 0.25) is 0 Å². The molecule has 0 saturated carbocycles. The molecule has 1 heterocycles. The van der Waals surface area contributed by atoms with Crippen molar-refractivity contribution < 1.29 is 18.9 Å². The van der Waals surface area contributed by atoms with Crippen molar-refractivity contribution in [1.82, 2.24) is 4.98 Å². The number of fused-ring (bicyclic) bond motifs is 5. The van der Waals surface area contributed by atoms with Gasteiger partial charge in [0.2, 0.25) is 0 Å². The molecule has 176 valence electrons. The van der Waals surface area contributed by atoms with Crippen LogP contribution in [0.1, 0.15) is 51.2 Å². The van der Waals surface area contributed by atoms with Crippen LogP contribution in [-0.2, 0) is 6.42 Å². The number of nitrogens with zero attached hydrogens (tertiary/aromatic N) is 2. The van der Waals surface area contributed by atoms with E-state index in [0.29, 0.717) is 29.4 Å². The van der Waals surface area contributed by atoms with Crippen LogP contribution < -0.4 is 18.9 Å². The van der Waals surface area contributed by atoms with Crippen LogP contribution >= 0.6 is 0 Å². The van der Waals surface area contributed by atoms with Crippen molar-refractivity contribution in [1.29, 1.82) is 5.26 Å². The largest absolute Gasteiger partial charge is 0.493 e. The first-order valence-corrected chi connectivity index (χ1v) is 11.3. The fourth-order valence-electron chi connectivity index (χ4n) is 4.19. The Labute approximate surface area is 197 Å². The van der Waals surface area contributed by atoms with Crippen LogP contribution in [0.5, 0.6) is 23.0 Å². The number of aromatic nitrogens is 1. The van der Waals surface area contributed by atoms with Crippen molar-refractivity contribution in [2.24, 2.45) is 0 Å². The first kappa shape index (κ1) is 25.8.